The second kappa shape index (κ2) is 7.57. The van der Waals surface area contributed by atoms with Gasteiger partial charge in [-0.05, 0) is 48.4 Å². The molecule has 0 aliphatic heterocycles. The van der Waals surface area contributed by atoms with Crippen molar-refractivity contribution in [1.29, 1.82) is 0 Å². The van der Waals surface area contributed by atoms with E-state index in [1.807, 2.05) is 41.8 Å². The summed E-state index contributed by atoms with van der Waals surface area (Å²) in [5.41, 5.74) is 6.41. The topological polar surface area (TPSA) is 95.7 Å². The minimum atomic E-state index is -0.618. The third-order valence-electron chi connectivity index (χ3n) is 4.59. The van der Waals surface area contributed by atoms with Gasteiger partial charge in [-0.15, -0.1) is 0 Å². The van der Waals surface area contributed by atoms with Gasteiger partial charge in [-0.2, -0.15) is 0 Å². The number of benzene rings is 2. The zero-order chi connectivity index (χ0) is 20.4. The number of carbonyl (C=O) groups excluding carboxylic acids is 2. The molecular weight excluding hydrogens is 368 g/mol. The van der Waals surface area contributed by atoms with Gasteiger partial charge >= 0.3 is 0 Å². The molecule has 2 aromatic carbocycles. The number of fused-ring (bicyclic) bond motifs is 1. The summed E-state index contributed by atoms with van der Waals surface area (Å²) in [6.07, 6.45) is 5.39. The maximum absolute atomic E-state index is 13.0. The van der Waals surface area contributed by atoms with Crippen LogP contribution >= 0.6 is 0 Å². The van der Waals surface area contributed by atoms with E-state index in [0.29, 0.717) is 16.9 Å². The first-order valence-corrected chi connectivity index (χ1v) is 8.95. The van der Waals surface area contributed by atoms with Gasteiger partial charge < -0.3 is 9.72 Å². The highest BCUT2D eigenvalue weighted by Crippen LogP contribution is 2.24. The van der Waals surface area contributed by atoms with Gasteiger partial charge in [-0.1, -0.05) is 29.8 Å². The van der Waals surface area contributed by atoms with Crippen molar-refractivity contribution < 1.29 is 14.8 Å². The fourth-order valence-corrected chi connectivity index (χ4v) is 3.15. The molecule has 3 N–H and O–H groups in total. The van der Waals surface area contributed by atoms with Crippen molar-refractivity contribution in [3.8, 4) is 11.1 Å². The summed E-state index contributed by atoms with van der Waals surface area (Å²) in [7, 11) is 0. The summed E-state index contributed by atoms with van der Waals surface area (Å²) in [5, 5.41) is 11.5. The molecular formula is C22H18N4O3. The second-order valence-corrected chi connectivity index (χ2v) is 6.64. The zero-order valence-corrected chi connectivity index (χ0v) is 15.6. The highest BCUT2D eigenvalue weighted by Gasteiger charge is 2.15. The summed E-state index contributed by atoms with van der Waals surface area (Å²) in [5.74, 6) is -0.928. The van der Waals surface area contributed by atoms with E-state index < -0.39 is 5.91 Å². The normalized spacial score (nSPS) is 10.7. The van der Waals surface area contributed by atoms with Gasteiger partial charge in [0.2, 0.25) is 0 Å². The van der Waals surface area contributed by atoms with Crippen LogP contribution in [0, 0.1) is 6.92 Å². The van der Waals surface area contributed by atoms with Crippen molar-refractivity contribution in [1.82, 2.24) is 14.9 Å². The summed E-state index contributed by atoms with van der Waals surface area (Å²) in [6.45, 7) is 2.02. The summed E-state index contributed by atoms with van der Waals surface area (Å²) >= 11 is 0. The standard InChI is InChI=1S/C22H18N4O3/c1-14-3-2-4-16(11-14)17-12-19(20-23-9-10-26(20)13-17)22(28)24-18-7-5-15(6-8-18)21(27)25-29/h2-13,29H,1H3,(H,24,28)(H,25,27). The van der Waals surface area contributed by atoms with E-state index in [9.17, 15) is 9.59 Å². The molecule has 0 atom stereocenters. The summed E-state index contributed by atoms with van der Waals surface area (Å²) in [4.78, 5) is 28.7. The molecule has 0 radical (unpaired) electrons. The van der Waals surface area contributed by atoms with Crippen molar-refractivity contribution in [2.75, 3.05) is 5.32 Å². The van der Waals surface area contributed by atoms with Crippen LogP contribution in [0.4, 0.5) is 5.69 Å². The van der Waals surface area contributed by atoms with E-state index >= 15 is 0 Å². The molecule has 0 saturated carbocycles. The van der Waals surface area contributed by atoms with Crippen LogP contribution in [0.5, 0.6) is 0 Å². The maximum atomic E-state index is 13.0. The smallest absolute Gasteiger partial charge is 0.274 e. The summed E-state index contributed by atoms with van der Waals surface area (Å²) < 4.78 is 1.82. The van der Waals surface area contributed by atoms with E-state index in [4.69, 9.17) is 5.21 Å². The van der Waals surface area contributed by atoms with E-state index in [1.165, 1.54) is 12.1 Å². The van der Waals surface area contributed by atoms with Crippen molar-refractivity contribution in [3.63, 3.8) is 0 Å². The van der Waals surface area contributed by atoms with Crippen LogP contribution in [0.3, 0.4) is 0 Å². The van der Waals surface area contributed by atoms with Crippen molar-refractivity contribution in [2.24, 2.45) is 0 Å². The molecule has 29 heavy (non-hydrogen) atoms. The van der Waals surface area contributed by atoms with Crippen LogP contribution in [0.15, 0.2) is 73.2 Å². The van der Waals surface area contributed by atoms with Crippen LogP contribution in [-0.4, -0.2) is 26.4 Å². The number of imidazole rings is 1. The largest absolute Gasteiger partial charge is 0.322 e. The van der Waals surface area contributed by atoms with Crippen LogP contribution in [0.1, 0.15) is 26.3 Å². The van der Waals surface area contributed by atoms with Gasteiger partial charge in [-0.3, -0.25) is 14.8 Å². The van der Waals surface area contributed by atoms with Gasteiger partial charge in [0, 0.05) is 29.8 Å². The fourth-order valence-electron chi connectivity index (χ4n) is 3.15. The fraction of sp³-hybridized carbons (Fsp3) is 0.0455. The number of nitrogens with one attached hydrogen (secondary N) is 2. The molecule has 0 bridgehead atoms. The molecule has 0 aliphatic rings. The molecule has 0 saturated heterocycles. The first kappa shape index (κ1) is 18.4. The van der Waals surface area contributed by atoms with Crippen molar-refractivity contribution in [2.45, 2.75) is 6.92 Å². The third-order valence-corrected chi connectivity index (χ3v) is 4.59. The van der Waals surface area contributed by atoms with Gasteiger partial charge in [0.15, 0.2) is 0 Å². The average molecular weight is 386 g/mol. The SMILES string of the molecule is Cc1cccc(-c2cc(C(=O)Nc3ccc(C(=O)NO)cc3)c3nccn3c2)c1. The van der Waals surface area contributed by atoms with Crippen LogP contribution < -0.4 is 10.8 Å². The number of nitrogens with zero attached hydrogens (tertiary/aromatic N) is 2. The number of aryl methyl sites for hydroxylation is 1. The Bertz CT molecular complexity index is 1210. The Kier molecular flexibility index (Phi) is 4.80. The van der Waals surface area contributed by atoms with Crippen LogP contribution in [-0.2, 0) is 0 Å². The lowest BCUT2D eigenvalue weighted by molar-refractivity contribution is 0.0706. The predicted octanol–water partition coefficient (Wildman–Crippen LogP) is 3.68. The highest BCUT2D eigenvalue weighted by atomic mass is 16.5. The zero-order valence-electron chi connectivity index (χ0n) is 15.6. The predicted molar refractivity (Wildman–Crippen MR) is 109 cm³/mol. The Hall–Kier alpha value is -3.97. The monoisotopic (exact) mass is 386 g/mol. The Morgan fingerprint density at radius 1 is 1.00 bits per heavy atom. The van der Waals surface area contributed by atoms with Crippen molar-refractivity contribution in [3.05, 3.63) is 89.9 Å². The number of aromatic nitrogens is 2. The first-order valence-electron chi connectivity index (χ1n) is 8.95. The first-order chi connectivity index (χ1) is 14.0. The lowest BCUT2D eigenvalue weighted by Gasteiger charge is -2.10. The molecule has 2 aromatic heterocycles. The van der Waals surface area contributed by atoms with Crippen LogP contribution in [0.2, 0.25) is 0 Å². The van der Waals surface area contributed by atoms with E-state index in [1.54, 1.807) is 30.0 Å². The number of carbonyl (C=O) groups is 2. The molecule has 7 nitrogen and oxygen atoms in total. The quantitative estimate of drug-likeness (QED) is 0.368. The van der Waals surface area contributed by atoms with E-state index in [0.717, 1.165) is 16.7 Å². The van der Waals surface area contributed by atoms with Crippen molar-refractivity contribution >= 4 is 23.1 Å². The Morgan fingerprint density at radius 2 is 1.79 bits per heavy atom. The van der Waals surface area contributed by atoms with Gasteiger partial charge in [-0.25, -0.2) is 10.5 Å². The second-order valence-electron chi connectivity index (χ2n) is 6.64. The van der Waals surface area contributed by atoms with Gasteiger partial charge in [0.05, 0.1) is 5.56 Å². The average Bonchev–Trinajstić information content (AvgIpc) is 3.21. The van der Waals surface area contributed by atoms with Crippen LogP contribution in [0.25, 0.3) is 16.8 Å². The molecule has 4 aromatic rings. The number of hydrogen-bond acceptors (Lipinski definition) is 4. The minimum absolute atomic E-state index is 0.280. The Labute approximate surface area is 166 Å². The lowest BCUT2D eigenvalue weighted by Crippen LogP contribution is -2.18. The third kappa shape index (κ3) is 3.71. The lowest BCUT2D eigenvalue weighted by atomic mass is 10.0. The van der Waals surface area contributed by atoms with Gasteiger partial charge in [0.25, 0.3) is 11.8 Å². The molecule has 4 rings (SSSR count). The number of amides is 2. The molecule has 7 heteroatoms. The van der Waals surface area contributed by atoms with Gasteiger partial charge in [0.1, 0.15) is 5.65 Å². The Morgan fingerprint density at radius 3 is 2.52 bits per heavy atom. The highest BCUT2D eigenvalue weighted by molar-refractivity contribution is 6.09. The number of hydrogen-bond donors (Lipinski definition) is 3. The molecule has 2 heterocycles. The molecule has 0 aliphatic carbocycles. The Balaban J connectivity index is 1.68. The molecule has 0 fully saturated rings. The number of hydroxylamine groups is 1. The molecule has 0 unspecified atom stereocenters. The van der Waals surface area contributed by atoms with E-state index in [-0.39, 0.29) is 11.5 Å². The number of rotatable bonds is 4. The number of anilines is 1. The van der Waals surface area contributed by atoms with E-state index in [2.05, 4.69) is 16.4 Å². The molecule has 2 amide bonds. The molecule has 144 valence electrons. The molecule has 0 spiro atoms. The number of pyridine rings is 1. The minimum Gasteiger partial charge on any atom is -0.322 e. The summed E-state index contributed by atoms with van der Waals surface area (Å²) in [6, 6.07) is 16.1. The maximum Gasteiger partial charge on any atom is 0.274 e.